The van der Waals surface area contributed by atoms with Crippen molar-refractivity contribution in [2.75, 3.05) is 14.1 Å². The number of hydrogen-bond acceptors (Lipinski definition) is 3. The number of hydrogen-bond donors (Lipinski definition) is 1. The Morgan fingerprint density at radius 1 is 1.00 bits per heavy atom. The summed E-state index contributed by atoms with van der Waals surface area (Å²) in [6, 6.07) is 0. The zero-order valence-corrected chi connectivity index (χ0v) is 16.8. The molecule has 0 aromatic heterocycles. The van der Waals surface area contributed by atoms with Crippen LogP contribution in [0.2, 0.25) is 0 Å². The lowest BCUT2D eigenvalue weighted by Gasteiger charge is -2.59. The van der Waals surface area contributed by atoms with Gasteiger partial charge in [0, 0.05) is 14.1 Å². The maximum atomic E-state index is 11.0. The highest BCUT2D eigenvalue weighted by Gasteiger charge is 2.62. The number of aliphatic hydroxyl groups is 1. The molecule has 25 heavy (non-hydrogen) atoms. The molecule has 3 saturated carbocycles. The second kappa shape index (κ2) is 5.58. The second-order valence-electron chi connectivity index (χ2n) is 10.2. The summed E-state index contributed by atoms with van der Waals surface area (Å²) < 4.78 is 0. The maximum absolute atomic E-state index is 11.0. The van der Waals surface area contributed by atoms with Crippen LogP contribution < -0.4 is 0 Å². The Morgan fingerprint density at radius 2 is 1.72 bits per heavy atom. The maximum Gasteiger partial charge on any atom is 0.0675 e. The molecule has 0 aromatic carbocycles. The first-order valence-corrected chi connectivity index (χ1v) is 10.4. The highest BCUT2D eigenvalue weighted by molar-refractivity contribution is 5.96. The van der Waals surface area contributed by atoms with Gasteiger partial charge >= 0.3 is 0 Å². The summed E-state index contributed by atoms with van der Waals surface area (Å²) in [6.45, 7) is 7.03. The summed E-state index contributed by atoms with van der Waals surface area (Å²) in [5.74, 6) is 2.33. The first-order chi connectivity index (χ1) is 11.7. The van der Waals surface area contributed by atoms with Crippen molar-refractivity contribution in [1.82, 2.24) is 5.01 Å². The van der Waals surface area contributed by atoms with Crippen molar-refractivity contribution in [3.05, 3.63) is 11.6 Å². The number of rotatable bonds is 1. The quantitative estimate of drug-likeness (QED) is 0.705. The third-order valence-corrected chi connectivity index (χ3v) is 8.87. The van der Waals surface area contributed by atoms with Crippen LogP contribution in [0.3, 0.4) is 0 Å². The average molecular weight is 345 g/mol. The minimum absolute atomic E-state index is 0.137. The van der Waals surface area contributed by atoms with Crippen LogP contribution in [0, 0.1) is 28.6 Å². The lowest BCUT2D eigenvalue weighted by Crippen LogP contribution is -2.53. The lowest BCUT2D eigenvalue weighted by atomic mass is 9.46. The summed E-state index contributed by atoms with van der Waals surface area (Å²) in [5.41, 5.74) is 2.97. The van der Waals surface area contributed by atoms with Crippen molar-refractivity contribution in [2.24, 2.45) is 33.7 Å². The molecule has 1 N–H and O–H groups in total. The number of allylic oxidation sites excluding steroid dienone is 2. The van der Waals surface area contributed by atoms with Gasteiger partial charge in [0.05, 0.1) is 11.3 Å². The van der Waals surface area contributed by atoms with E-state index in [1.165, 1.54) is 44.2 Å². The van der Waals surface area contributed by atoms with E-state index in [4.69, 9.17) is 0 Å². The van der Waals surface area contributed by atoms with Crippen LogP contribution in [0.5, 0.6) is 0 Å². The molecule has 6 atom stereocenters. The smallest absolute Gasteiger partial charge is 0.0675 e. The van der Waals surface area contributed by atoms with Gasteiger partial charge in [0.25, 0.3) is 0 Å². The summed E-state index contributed by atoms with van der Waals surface area (Å²) in [5, 5.41) is 17.6. The van der Waals surface area contributed by atoms with Crippen molar-refractivity contribution in [1.29, 1.82) is 0 Å². The van der Waals surface area contributed by atoms with Crippen LogP contribution in [0.4, 0.5) is 0 Å². The van der Waals surface area contributed by atoms with Crippen LogP contribution in [-0.4, -0.2) is 35.5 Å². The Balaban J connectivity index is 1.64. The van der Waals surface area contributed by atoms with Crippen molar-refractivity contribution >= 4 is 5.71 Å². The summed E-state index contributed by atoms with van der Waals surface area (Å²) >= 11 is 0. The molecule has 4 rings (SSSR count). The molecule has 6 unspecified atom stereocenters. The van der Waals surface area contributed by atoms with Gasteiger partial charge in [-0.15, -0.1) is 0 Å². The number of hydrazone groups is 1. The van der Waals surface area contributed by atoms with Crippen LogP contribution >= 0.6 is 0 Å². The Kier molecular flexibility index (Phi) is 3.92. The van der Waals surface area contributed by atoms with Crippen LogP contribution in [0.25, 0.3) is 0 Å². The van der Waals surface area contributed by atoms with E-state index in [0.29, 0.717) is 5.41 Å². The Morgan fingerprint density at radius 3 is 2.44 bits per heavy atom. The fraction of sp³-hybridized carbons (Fsp3) is 0.864. The fourth-order valence-corrected chi connectivity index (χ4v) is 7.15. The van der Waals surface area contributed by atoms with Gasteiger partial charge in [0.1, 0.15) is 0 Å². The Labute approximate surface area is 153 Å². The highest BCUT2D eigenvalue weighted by atomic mass is 16.3. The molecule has 3 nitrogen and oxygen atoms in total. The van der Waals surface area contributed by atoms with Gasteiger partial charge in [0.15, 0.2) is 0 Å². The molecule has 0 aliphatic heterocycles. The van der Waals surface area contributed by atoms with Crippen molar-refractivity contribution < 1.29 is 5.11 Å². The van der Waals surface area contributed by atoms with Gasteiger partial charge in [0.2, 0.25) is 0 Å². The minimum atomic E-state index is -0.461. The lowest BCUT2D eigenvalue weighted by molar-refractivity contribution is -0.117. The molecule has 0 spiro atoms. The van der Waals surface area contributed by atoms with Crippen LogP contribution in [0.1, 0.15) is 72.1 Å². The number of fused-ring (bicyclic) bond motifs is 5. The van der Waals surface area contributed by atoms with Crippen LogP contribution in [0.15, 0.2) is 16.8 Å². The van der Waals surface area contributed by atoms with E-state index in [-0.39, 0.29) is 5.41 Å². The molecule has 0 bridgehead atoms. The third kappa shape index (κ3) is 2.44. The average Bonchev–Trinajstić information content (AvgIpc) is 2.77. The largest absolute Gasteiger partial charge is 0.390 e. The van der Waals surface area contributed by atoms with Gasteiger partial charge in [-0.05, 0) is 93.0 Å². The van der Waals surface area contributed by atoms with E-state index in [2.05, 4.69) is 31.9 Å². The van der Waals surface area contributed by atoms with Gasteiger partial charge in [-0.1, -0.05) is 19.4 Å². The van der Waals surface area contributed by atoms with Gasteiger partial charge in [-0.25, -0.2) is 0 Å². The highest BCUT2D eigenvalue weighted by Crippen LogP contribution is 2.67. The summed E-state index contributed by atoms with van der Waals surface area (Å²) in [7, 11) is 4.04. The molecule has 140 valence electrons. The first-order valence-electron chi connectivity index (χ1n) is 10.4. The minimum Gasteiger partial charge on any atom is -0.390 e. The second-order valence-corrected chi connectivity index (χ2v) is 10.2. The molecule has 3 fully saturated rings. The molecule has 0 saturated heterocycles. The molecule has 0 heterocycles. The van der Waals surface area contributed by atoms with Crippen LogP contribution in [-0.2, 0) is 0 Å². The van der Waals surface area contributed by atoms with E-state index in [0.717, 1.165) is 30.6 Å². The van der Waals surface area contributed by atoms with Crippen molar-refractivity contribution in [3.8, 4) is 0 Å². The predicted octanol–water partition coefficient (Wildman–Crippen LogP) is 4.62. The first kappa shape index (κ1) is 17.6. The zero-order chi connectivity index (χ0) is 18.0. The van der Waals surface area contributed by atoms with E-state index >= 15 is 0 Å². The Bertz CT molecular complexity index is 620. The van der Waals surface area contributed by atoms with Crippen molar-refractivity contribution in [2.45, 2.75) is 77.7 Å². The molecule has 3 heteroatoms. The molecule has 0 aromatic rings. The summed E-state index contributed by atoms with van der Waals surface area (Å²) in [4.78, 5) is 0. The molecule has 4 aliphatic carbocycles. The van der Waals surface area contributed by atoms with Crippen molar-refractivity contribution in [3.63, 3.8) is 0 Å². The van der Waals surface area contributed by atoms with E-state index < -0.39 is 5.60 Å². The van der Waals surface area contributed by atoms with Gasteiger partial charge in [-0.2, -0.15) is 5.10 Å². The fourth-order valence-electron chi connectivity index (χ4n) is 7.15. The predicted molar refractivity (Wildman–Crippen MR) is 103 cm³/mol. The zero-order valence-electron chi connectivity index (χ0n) is 16.8. The summed E-state index contributed by atoms with van der Waals surface area (Å²) in [6.07, 6.45) is 12.1. The van der Waals surface area contributed by atoms with E-state index in [1.54, 1.807) is 5.57 Å². The standard InChI is InChI=1S/C22H36N2O/c1-20-11-8-16(23-24(4)5)14-15(20)6-7-17-18(20)9-12-21(2)19(17)10-13-22(21,3)25/h14,17-19,25H,6-13H2,1-5H3/b23-16-. The van der Waals surface area contributed by atoms with E-state index in [9.17, 15) is 5.11 Å². The molecule has 0 radical (unpaired) electrons. The molecular formula is C22H36N2O. The van der Waals surface area contributed by atoms with E-state index in [1.807, 2.05) is 19.1 Å². The number of nitrogens with zero attached hydrogens (tertiary/aromatic N) is 2. The van der Waals surface area contributed by atoms with Gasteiger partial charge < -0.3 is 10.1 Å². The SMILES string of the molecule is CN(C)/N=C1\C=C2CCC3C(CCC4(C)C3CCC4(C)O)C2(C)CC1. The molecule has 4 aliphatic rings. The molecule has 0 amide bonds. The van der Waals surface area contributed by atoms with Gasteiger partial charge in [-0.3, -0.25) is 0 Å². The normalized spacial score (nSPS) is 50.7. The monoisotopic (exact) mass is 344 g/mol. The molecular weight excluding hydrogens is 308 g/mol. The Hall–Kier alpha value is -0.830. The third-order valence-electron chi connectivity index (χ3n) is 8.87. The topological polar surface area (TPSA) is 35.8 Å².